The Balaban J connectivity index is 1.36. The lowest BCUT2D eigenvalue weighted by Crippen LogP contribution is -2.16. The maximum absolute atomic E-state index is 14.8. The summed E-state index contributed by atoms with van der Waals surface area (Å²) in [6.45, 7) is 27.0. The quantitative estimate of drug-likeness (QED) is 0.181. The molecule has 7 aromatic rings. The van der Waals surface area contributed by atoms with Gasteiger partial charge in [0.1, 0.15) is 0 Å². The zero-order valence-electron chi connectivity index (χ0n) is 41.3. The first-order chi connectivity index (χ1) is 32.0. The molecule has 8 bridgehead atoms. The summed E-state index contributed by atoms with van der Waals surface area (Å²) in [5.74, 6) is -0.0947. The summed E-state index contributed by atoms with van der Waals surface area (Å²) in [6, 6.07) is 38.0. The van der Waals surface area contributed by atoms with E-state index in [1.165, 1.54) is 22.3 Å². The normalized spacial score (nSPS) is 14.4. The molecule has 0 saturated heterocycles. The van der Waals surface area contributed by atoms with Crippen molar-refractivity contribution in [3.63, 3.8) is 0 Å². The molecule has 0 saturated carbocycles. The molecule has 0 atom stereocenters. The summed E-state index contributed by atoms with van der Waals surface area (Å²) in [4.78, 5) is 48.5. The molecule has 338 valence electrons. The van der Waals surface area contributed by atoms with E-state index in [2.05, 4.69) is 154 Å². The first kappa shape index (κ1) is 43.4. The van der Waals surface area contributed by atoms with E-state index in [1.54, 1.807) is 0 Å². The van der Waals surface area contributed by atoms with Gasteiger partial charge in [0.25, 0.3) is 0 Å². The Kier molecular flexibility index (Phi) is 9.35. The van der Waals surface area contributed by atoms with Gasteiger partial charge in [-0.3, -0.25) is 9.59 Å². The number of carbonyl (C=O) groups excluding carboxylic acids is 2. The maximum Gasteiger partial charge on any atom is 0.195 e. The topological polar surface area (TPSA) is 91.5 Å². The fourth-order valence-corrected chi connectivity index (χ4v) is 10.2. The number of allylic oxidation sites excluding steroid dienone is 2. The number of rotatable bonds is 2. The van der Waals surface area contributed by atoms with Crippen molar-refractivity contribution in [2.75, 3.05) is 0 Å². The van der Waals surface area contributed by atoms with Gasteiger partial charge in [0.2, 0.25) is 0 Å². The molecule has 5 heterocycles. The van der Waals surface area contributed by atoms with Crippen LogP contribution in [0, 0.1) is 0 Å². The van der Waals surface area contributed by atoms with Crippen LogP contribution in [0.25, 0.3) is 89.9 Å². The van der Waals surface area contributed by atoms with E-state index >= 15 is 0 Å². The highest BCUT2D eigenvalue weighted by Crippen LogP contribution is 2.48. The van der Waals surface area contributed by atoms with Crippen molar-refractivity contribution in [3.8, 4) is 44.5 Å². The summed E-state index contributed by atoms with van der Waals surface area (Å²) < 4.78 is 0. The Morgan fingerprint density at radius 1 is 0.368 bits per heavy atom. The minimum absolute atomic E-state index is 0.0473. The molecule has 68 heavy (non-hydrogen) atoms. The van der Waals surface area contributed by atoms with Crippen molar-refractivity contribution in [3.05, 3.63) is 165 Å². The number of H-pyrrole nitrogens is 2. The Bertz CT molecular complexity index is 3330. The zero-order chi connectivity index (χ0) is 48.0. The average Bonchev–Trinajstić information content (AvgIpc) is 4.11. The second kappa shape index (κ2) is 14.7. The van der Waals surface area contributed by atoms with Gasteiger partial charge in [0.05, 0.1) is 33.9 Å². The molecule has 6 nitrogen and oxygen atoms in total. The van der Waals surface area contributed by atoms with Crippen molar-refractivity contribution in [2.45, 2.75) is 105 Å². The van der Waals surface area contributed by atoms with Crippen LogP contribution in [0.1, 0.15) is 149 Å². The number of Topliss-reactive ketones (excluding diaryl/α,β-unsaturated/α-hetero) is 2. The van der Waals surface area contributed by atoms with Crippen LogP contribution < -0.4 is 0 Å². The van der Waals surface area contributed by atoms with Crippen LogP contribution in [0.5, 0.6) is 0 Å². The molecule has 11 rings (SSSR count). The monoisotopic (exact) mass is 890 g/mol. The highest BCUT2D eigenvalue weighted by atomic mass is 16.1. The minimum Gasteiger partial charge on any atom is -0.354 e. The lowest BCUT2D eigenvalue weighted by atomic mass is 9.78. The Labute approximate surface area is 399 Å². The van der Waals surface area contributed by atoms with Gasteiger partial charge in [-0.1, -0.05) is 168 Å². The van der Waals surface area contributed by atoms with Gasteiger partial charge in [0.15, 0.2) is 11.6 Å². The lowest BCUT2D eigenvalue weighted by molar-refractivity contribution is 0.104. The molecule has 0 radical (unpaired) electrons. The molecule has 2 N–H and O–H groups in total. The molecule has 0 amide bonds. The third kappa shape index (κ3) is 6.90. The Morgan fingerprint density at radius 3 is 0.971 bits per heavy atom. The van der Waals surface area contributed by atoms with Gasteiger partial charge in [-0.25, -0.2) is 9.97 Å². The molecular formula is C62H58N4O2. The number of aromatic nitrogens is 4. The Morgan fingerprint density at radius 2 is 0.662 bits per heavy atom. The van der Waals surface area contributed by atoms with Crippen LogP contribution in [0.15, 0.2) is 109 Å². The number of aromatic amines is 2. The molecule has 4 aromatic carbocycles. The fraction of sp³-hybridized carbons (Fsp3) is 0.258. The van der Waals surface area contributed by atoms with Gasteiger partial charge >= 0.3 is 0 Å². The van der Waals surface area contributed by atoms with Gasteiger partial charge in [0, 0.05) is 55.4 Å². The summed E-state index contributed by atoms with van der Waals surface area (Å²) in [7, 11) is 0. The van der Waals surface area contributed by atoms with Crippen LogP contribution in [-0.2, 0) is 21.7 Å². The van der Waals surface area contributed by atoms with E-state index in [1.807, 2.05) is 60.7 Å². The van der Waals surface area contributed by atoms with E-state index in [0.717, 1.165) is 66.6 Å². The number of hydrogen-bond donors (Lipinski definition) is 2. The summed E-state index contributed by atoms with van der Waals surface area (Å²) in [6.07, 6.45) is 4.00. The molecule has 0 fully saturated rings. The smallest absolute Gasteiger partial charge is 0.195 e. The number of hydrogen-bond acceptors (Lipinski definition) is 4. The van der Waals surface area contributed by atoms with Crippen LogP contribution in [0.2, 0.25) is 0 Å². The number of nitrogens with one attached hydrogen (secondary N) is 2. The highest BCUT2D eigenvalue weighted by molar-refractivity contribution is 6.39. The fourth-order valence-electron chi connectivity index (χ4n) is 10.2. The molecule has 2 aliphatic heterocycles. The first-order valence-electron chi connectivity index (χ1n) is 23.9. The van der Waals surface area contributed by atoms with Crippen LogP contribution >= 0.6 is 0 Å². The zero-order valence-corrected chi connectivity index (χ0v) is 41.3. The van der Waals surface area contributed by atoms with Crippen LogP contribution in [0.4, 0.5) is 0 Å². The molecule has 0 spiro atoms. The van der Waals surface area contributed by atoms with Crippen molar-refractivity contribution < 1.29 is 9.59 Å². The third-order valence-corrected chi connectivity index (χ3v) is 14.3. The first-order valence-corrected chi connectivity index (χ1v) is 23.9. The van der Waals surface area contributed by atoms with Crippen molar-refractivity contribution in [1.29, 1.82) is 0 Å². The van der Waals surface area contributed by atoms with E-state index in [9.17, 15) is 9.59 Å². The molecular weight excluding hydrogens is 833 g/mol. The van der Waals surface area contributed by atoms with Crippen LogP contribution in [-0.4, -0.2) is 31.5 Å². The maximum atomic E-state index is 14.8. The summed E-state index contributed by atoms with van der Waals surface area (Å²) in [5, 5.41) is 0. The largest absolute Gasteiger partial charge is 0.354 e. The second-order valence-corrected chi connectivity index (χ2v) is 23.2. The predicted octanol–water partition coefficient (Wildman–Crippen LogP) is 15.6. The standard InChI is InChI=1S/C62H58N4O2/c1-59(2,3)35-25-33(26-36(29-35)60(4,5)6)51-45-21-23-47(63-45)53-39-17-13-16-20-42(39)58(68)44-32-50(66-56(44)53)52(34-27-37(61(7,8)9)30-38(28-34)62(10,11)12)46-22-24-48(64-46)54-40-18-14-15-19-41(40)57(67)43-31-49(51)65-55(43)54/h13-32,63-64H,1-12H3. The number of carbonyl (C=O) groups is 2. The van der Waals surface area contributed by atoms with Crippen molar-refractivity contribution in [2.24, 2.45) is 0 Å². The van der Waals surface area contributed by atoms with E-state index in [4.69, 9.17) is 9.97 Å². The van der Waals surface area contributed by atoms with Gasteiger partial charge in [-0.2, -0.15) is 0 Å². The molecule has 4 aliphatic rings. The van der Waals surface area contributed by atoms with E-state index in [0.29, 0.717) is 45.0 Å². The number of nitrogens with zero attached hydrogens (tertiary/aromatic N) is 2. The molecule has 0 unspecified atom stereocenters. The molecule has 6 heteroatoms. The van der Waals surface area contributed by atoms with Gasteiger partial charge in [-0.15, -0.1) is 0 Å². The predicted molar refractivity (Wildman–Crippen MR) is 282 cm³/mol. The second-order valence-electron chi connectivity index (χ2n) is 23.2. The van der Waals surface area contributed by atoms with E-state index in [-0.39, 0.29) is 33.2 Å². The summed E-state index contributed by atoms with van der Waals surface area (Å²) in [5.41, 5.74) is 19.8. The average molecular weight is 891 g/mol. The number of benzene rings is 4. The van der Waals surface area contributed by atoms with Crippen LogP contribution in [0.3, 0.4) is 0 Å². The summed E-state index contributed by atoms with van der Waals surface area (Å²) >= 11 is 0. The molecule has 2 aliphatic carbocycles. The van der Waals surface area contributed by atoms with Crippen molar-refractivity contribution in [1.82, 2.24) is 19.9 Å². The highest BCUT2D eigenvalue weighted by Gasteiger charge is 2.36. The third-order valence-electron chi connectivity index (χ3n) is 14.3. The SMILES string of the molecule is CC(C)(C)c1cc(-c2c3nc4c(c5ccc([nH]5)c(-c5cc(C(C)(C)C)cc(C(C)(C)C)c5)c5nc6c(c7ccc2[nH]7)-c2ccccc2C(=O)C6=C5)-c2ccccc2C(=O)C4=C3)cc(C(C)(C)C)c1. The molecule has 3 aromatic heterocycles. The lowest BCUT2D eigenvalue weighted by Gasteiger charge is -2.26. The van der Waals surface area contributed by atoms with E-state index < -0.39 is 0 Å². The number of ketones is 2. The Hall–Kier alpha value is -7.18. The van der Waals surface area contributed by atoms with Gasteiger partial charge < -0.3 is 9.97 Å². The van der Waals surface area contributed by atoms with Gasteiger partial charge in [-0.05, 0) is 103 Å². The number of fused-ring (bicyclic) bond motifs is 12. The van der Waals surface area contributed by atoms with Crippen molar-refractivity contribution >= 4 is 56.9 Å². The minimum atomic E-state index is -0.150.